The van der Waals surface area contributed by atoms with E-state index in [1.54, 1.807) is 18.9 Å². The van der Waals surface area contributed by atoms with Crippen molar-refractivity contribution in [2.24, 2.45) is 0 Å². The molecule has 0 aliphatic carbocycles. The number of aromatic amines is 1. The molecule has 2 N–H and O–H groups in total. The van der Waals surface area contributed by atoms with Crippen molar-refractivity contribution in [2.45, 2.75) is 25.9 Å². The van der Waals surface area contributed by atoms with Crippen molar-refractivity contribution in [1.29, 1.82) is 0 Å². The summed E-state index contributed by atoms with van der Waals surface area (Å²) in [6.07, 6.45) is 2.66. The van der Waals surface area contributed by atoms with Crippen LogP contribution in [0.3, 0.4) is 0 Å². The Bertz CT molecular complexity index is 560. The van der Waals surface area contributed by atoms with Gasteiger partial charge in [0.05, 0.1) is 6.10 Å². The molecule has 0 radical (unpaired) electrons. The van der Waals surface area contributed by atoms with Crippen molar-refractivity contribution in [3.63, 3.8) is 0 Å². The number of nitrogens with zero attached hydrogens (tertiary/aromatic N) is 1. The maximum Gasteiger partial charge on any atom is 0.222 e. The van der Waals surface area contributed by atoms with Crippen LogP contribution in [0.2, 0.25) is 0 Å². The Balaban J connectivity index is 1.97. The van der Waals surface area contributed by atoms with Crippen molar-refractivity contribution in [3.8, 4) is 0 Å². The molecule has 1 heterocycles. The largest absolute Gasteiger partial charge is 0.392 e. The molecular formula is C15H20N2O2. The fourth-order valence-corrected chi connectivity index (χ4v) is 2.27. The van der Waals surface area contributed by atoms with Crippen LogP contribution in [0.15, 0.2) is 30.5 Å². The highest BCUT2D eigenvalue weighted by molar-refractivity contribution is 5.84. The van der Waals surface area contributed by atoms with E-state index in [2.05, 4.69) is 11.1 Å². The number of H-pyrrole nitrogens is 1. The van der Waals surface area contributed by atoms with Crippen LogP contribution in [0.4, 0.5) is 0 Å². The Morgan fingerprint density at radius 3 is 2.89 bits per heavy atom. The smallest absolute Gasteiger partial charge is 0.222 e. The highest BCUT2D eigenvalue weighted by atomic mass is 16.3. The highest BCUT2D eigenvalue weighted by Gasteiger charge is 2.12. The minimum Gasteiger partial charge on any atom is -0.392 e. The first-order chi connectivity index (χ1) is 9.08. The number of benzene rings is 1. The van der Waals surface area contributed by atoms with Crippen molar-refractivity contribution >= 4 is 16.8 Å². The molecule has 0 saturated heterocycles. The van der Waals surface area contributed by atoms with Gasteiger partial charge in [0.1, 0.15) is 0 Å². The Morgan fingerprint density at radius 1 is 1.42 bits per heavy atom. The number of para-hydroxylation sites is 1. The molecule has 102 valence electrons. The summed E-state index contributed by atoms with van der Waals surface area (Å²) in [5.74, 6) is 0.0613. The summed E-state index contributed by atoms with van der Waals surface area (Å²) in [6, 6.07) is 8.08. The van der Waals surface area contributed by atoms with Gasteiger partial charge < -0.3 is 15.0 Å². The maximum atomic E-state index is 11.9. The van der Waals surface area contributed by atoms with Crippen molar-refractivity contribution in [2.75, 3.05) is 13.6 Å². The number of amides is 1. The van der Waals surface area contributed by atoms with E-state index in [9.17, 15) is 9.90 Å². The van der Waals surface area contributed by atoms with Crippen LogP contribution in [-0.4, -0.2) is 40.6 Å². The monoisotopic (exact) mass is 260 g/mol. The average molecular weight is 260 g/mol. The molecule has 0 aliphatic rings. The standard InChI is InChI=1S/C15H20N2O2/c1-11(18)10-17(2)15(19)8-7-12-9-16-14-6-4-3-5-13(12)14/h3-6,9,11,16,18H,7-8,10H2,1-2H3. The fraction of sp³-hybridized carbons (Fsp3) is 0.400. The lowest BCUT2D eigenvalue weighted by molar-refractivity contribution is -0.131. The Kier molecular flexibility index (Phi) is 4.22. The van der Waals surface area contributed by atoms with Gasteiger partial charge in [0, 0.05) is 37.1 Å². The maximum absolute atomic E-state index is 11.9. The van der Waals surface area contributed by atoms with Crippen LogP contribution in [0.25, 0.3) is 10.9 Å². The summed E-state index contributed by atoms with van der Waals surface area (Å²) >= 11 is 0. The predicted octanol–water partition coefficient (Wildman–Crippen LogP) is 1.94. The van der Waals surface area contributed by atoms with E-state index in [4.69, 9.17) is 0 Å². The third-order valence-corrected chi connectivity index (χ3v) is 3.25. The molecule has 1 unspecified atom stereocenters. The Morgan fingerprint density at radius 2 is 2.16 bits per heavy atom. The molecule has 1 atom stereocenters. The van der Waals surface area contributed by atoms with E-state index in [0.29, 0.717) is 19.4 Å². The second-order valence-electron chi connectivity index (χ2n) is 4.98. The minimum absolute atomic E-state index is 0.0613. The first-order valence-electron chi connectivity index (χ1n) is 6.55. The fourth-order valence-electron chi connectivity index (χ4n) is 2.27. The lowest BCUT2D eigenvalue weighted by atomic mass is 10.1. The lowest BCUT2D eigenvalue weighted by Crippen LogP contribution is -2.33. The zero-order valence-corrected chi connectivity index (χ0v) is 11.4. The molecule has 19 heavy (non-hydrogen) atoms. The van der Waals surface area contributed by atoms with E-state index >= 15 is 0 Å². The molecule has 2 rings (SSSR count). The molecule has 0 fully saturated rings. The van der Waals surface area contributed by atoms with Crippen LogP contribution in [0.5, 0.6) is 0 Å². The summed E-state index contributed by atoms with van der Waals surface area (Å²) in [6.45, 7) is 2.07. The summed E-state index contributed by atoms with van der Waals surface area (Å²) in [5.41, 5.74) is 2.26. The van der Waals surface area contributed by atoms with Crippen molar-refractivity contribution in [3.05, 3.63) is 36.0 Å². The third-order valence-electron chi connectivity index (χ3n) is 3.25. The first-order valence-corrected chi connectivity index (χ1v) is 6.55. The number of aryl methyl sites for hydroxylation is 1. The number of carbonyl (C=O) groups is 1. The molecule has 0 saturated carbocycles. The second kappa shape index (κ2) is 5.89. The number of rotatable bonds is 5. The average Bonchev–Trinajstić information content (AvgIpc) is 2.78. The third kappa shape index (κ3) is 3.35. The number of aliphatic hydroxyl groups is 1. The van der Waals surface area contributed by atoms with E-state index in [0.717, 1.165) is 11.1 Å². The topological polar surface area (TPSA) is 56.3 Å². The Hall–Kier alpha value is -1.81. The minimum atomic E-state index is -0.484. The molecule has 0 bridgehead atoms. The molecule has 0 spiro atoms. The quantitative estimate of drug-likeness (QED) is 0.863. The first kappa shape index (κ1) is 13.6. The van der Waals surface area contributed by atoms with E-state index in [1.165, 1.54) is 5.39 Å². The molecule has 0 aliphatic heterocycles. The normalized spacial score (nSPS) is 12.6. The summed E-state index contributed by atoms with van der Waals surface area (Å²) in [7, 11) is 1.73. The van der Waals surface area contributed by atoms with Gasteiger partial charge in [0.25, 0.3) is 0 Å². The zero-order chi connectivity index (χ0) is 13.8. The molecular weight excluding hydrogens is 240 g/mol. The summed E-state index contributed by atoms with van der Waals surface area (Å²) < 4.78 is 0. The van der Waals surface area contributed by atoms with E-state index < -0.39 is 6.10 Å². The van der Waals surface area contributed by atoms with Crippen LogP contribution in [0, 0.1) is 0 Å². The molecule has 1 amide bonds. The van der Waals surface area contributed by atoms with Crippen molar-refractivity contribution < 1.29 is 9.90 Å². The van der Waals surface area contributed by atoms with Gasteiger partial charge in [0.15, 0.2) is 0 Å². The number of likely N-dealkylation sites (N-methyl/N-ethyl adjacent to an activating group) is 1. The second-order valence-corrected chi connectivity index (χ2v) is 4.98. The van der Waals surface area contributed by atoms with Gasteiger partial charge in [-0.05, 0) is 25.0 Å². The molecule has 2 aromatic rings. The van der Waals surface area contributed by atoms with Gasteiger partial charge in [-0.3, -0.25) is 4.79 Å². The zero-order valence-electron chi connectivity index (χ0n) is 11.4. The van der Waals surface area contributed by atoms with Crippen LogP contribution < -0.4 is 0 Å². The SMILES string of the molecule is CC(O)CN(C)C(=O)CCc1c[nH]c2ccccc12. The van der Waals surface area contributed by atoms with Gasteiger partial charge in [0.2, 0.25) is 5.91 Å². The van der Waals surface area contributed by atoms with E-state index in [-0.39, 0.29) is 5.91 Å². The van der Waals surface area contributed by atoms with Crippen molar-refractivity contribution in [1.82, 2.24) is 9.88 Å². The molecule has 4 heteroatoms. The number of hydrogen-bond donors (Lipinski definition) is 2. The number of aromatic nitrogens is 1. The summed E-state index contributed by atoms with van der Waals surface area (Å²) in [4.78, 5) is 16.7. The Labute approximate surface area is 113 Å². The lowest BCUT2D eigenvalue weighted by Gasteiger charge is -2.18. The number of fused-ring (bicyclic) bond motifs is 1. The molecule has 1 aromatic heterocycles. The van der Waals surface area contributed by atoms with Gasteiger partial charge in [-0.25, -0.2) is 0 Å². The molecule has 1 aromatic carbocycles. The van der Waals surface area contributed by atoms with Gasteiger partial charge in [-0.2, -0.15) is 0 Å². The number of nitrogens with one attached hydrogen (secondary N) is 1. The van der Waals surface area contributed by atoms with Crippen LogP contribution >= 0.6 is 0 Å². The van der Waals surface area contributed by atoms with Gasteiger partial charge in [-0.1, -0.05) is 18.2 Å². The van der Waals surface area contributed by atoms with Crippen LogP contribution in [0.1, 0.15) is 18.9 Å². The van der Waals surface area contributed by atoms with Gasteiger partial charge >= 0.3 is 0 Å². The molecule has 4 nitrogen and oxygen atoms in total. The predicted molar refractivity (Wildman–Crippen MR) is 75.9 cm³/mol. The van der Waals surface area contributed by atoms with Crippen LogP contribution in [-0.2, 0) is 11.2 Å². The number of hydrogen-bond acceptors (Lipinski definition) is 2. The number of aliphatic hydroxyl groups excluding tert-OH is 1. The van der Waals surface area contributed by atoms with E-state index in [1.807, 2.05) is 24.4 Å². The number of carbonyl (C=O) groups excluding carboxylic acids is 1. The van der Waals surface area contributed by atoms with Gasteiger partial charge in [-0.15, -0.1) is 0 Å². The highest BCUT2D eigenvalue weighted by Crippen LogP contribution is 2.19. The summed E-state index contributed by atoms with van der Waals surface area (Å²) in [5, 5.41) is 10.4.